The number of piperidine rings is 1. The molecule has 10 heteroatoms. The van der Waals surface area contributed by atoms with Crippen LogP contribution in [0.5, 0.6) is 0 Å². The molecule has 2 heterocycles. The summed E-state index contributed by atoms with van der Waals surface area (Å²) in [5, 5.41) is 11.5. The predicted octanol–water partition coefficient (Wildman–Crippen LogP) is 5.59. The van der Waals surface area contributed by atoms with Gasteiger partial charge in [0.05, 0.1) is 11.0 Å². The summed E-state index contributed by atoms with van der Waals surface area (Å²) < 4.78 is 5.60. The van der Waals surface area contributed by atoms with Crippen molar-refractivity contribution in [3.63, 3.8) is 0 Å². The molecule has 0 aliphatic carbocycles. The number of carboxylic acid groups (broad SMARTS) is 1. The summed E-state index contributed by atoms with van der Waals surface area (Å²) in [5.41, 5.74) is 0.0115. The van der Waals surface area contributed by atoms with Crippen LogP contribution in [0.25, 0.3) is 0 Å². The molecule has 1 aliphatic rings. The maximum atomic E-state index is 14.3. The number of nitrogens with zero attached hydrogens (tertiary/aromatic N) is 3. The van der Waals surface area contributed by atoms with Crippen LogP contribution in [-0.2, 0) is 19.1 Å². The number of carbonyl (C=O) groups excluding carboxylic acids is 3. The average Bonchev–Trinajstić information content (AvgIpc) is 3.41. The molecule has 0 radical (unpaired) electrons. The molecule has 5 atom stereocenters. The van der Waals surface area contributed by atoms with Gasteiger partial charge in [0.1, 0.15) is 0 Å². The summed E-state index contributed by atoms with van der Waals surface area (Å²) in [7, 11) is 1.98. The maximum Gasteiger partial charge on any atom is 0.355 e. The number of Topliss-reactive ketones (excluding diaryl/α,β-unsaturated/α-hetero) is 1. The van der Waals surface area contributed by atoms with Crippen molar-refractivity contribution in [1.82, 2.24) is 14.8 Å². The molecule has 0 aromatic carbocycles. The third-order valence-electron chi connectivity index (χ3n) is 8.24. The molecule has 9 nitrogen and oxygen atoms in total. The van der Waals surface area contributed by atoms with E-state index >= 15 is 0 Å². The summed E-state index contributed by atoms with van der Waals surface area (Å²) in [5.74, 6) is -2.14. The molecule has 1 fully saturated rings. The van der Waals surface area contributed by atoms with Gasteiger partial charge in [-0.05, 0) is 51.1 Å². The van der Waals surface area contributed by atoms with Gasteiger partial charge >= 0.3 is 11.9 Å². The van der Waals surface area contributed by atoms with Crippen LogP contribution in [0.3, 0.4) is 0 Å². The normalized spacial score (nSPS) is 19.1. The minimum absolute atomic E-state index is 0.0115. The number of likely N-dealkylation sites (N-methyl/N-ethyl adjacent to an activating group) is 1. The van der Waals surface area contributed by atoms with Gasteiger partial charge in [-0.15, -0.1) is 11.3 Å². The zero-order chi connectivity index (χ0) is 30.0. The highest BCUT2D eigenvalue weighted by molar-refractivity contribution is 7.09. The number of likely N-dealkylation sites (tertiary alicyclic amines) is 1. The molecule has 1 aliphatic heterocycles. The Balaban J connectivity index is 2.37. The second-order valence-corrected chi connectivity index (χ2v) is 12.6. The Labute approximate surface area is 243 Å². The van der Waals surface area contributed by atoms with Crippen molar-refractivity contribution in [3.05, 3.63) is 16.1 Å². The maximum absolute atomic E-state index is 14.3. The first kappa shape index (κ1) is 33.9. The van der Waals surface area contributed by atoms with Crippen LogP contribution in [0.1, 0.15) is 114 Å². The lowest BCUT2D eigenvalue weighted by Gasteiger charge is -2.39. The highest BCUT2D eigenvalue weighted by atomic mass is 32.1. The molecule has 1 saturated heterocycles. The molecule has 1 aromatic heterocycles. The van der Waals surface area contributed by atoms with E-state index in [1.54, 1.807) is 4.90 Å². The highest BCUT2D eigenvalue weighted by Crippen LogP contribution is 2.32. The van der Waals surface area contributed by atoms with Gasteiger partial charge in [-0.25, -0.2) is 9.78 Å². The number of esters is 1. The number of ether oxygens (including phenoxy) is 1. The number of thiazole rings is 1. The fourth-order valence-corrected chi connectivity index (χ4v) is 6.30. The molecule has 40 heavy (non-hydrogen) atoms. The Kier molecular flexibility index (Phi) is 13.7. The lowest BCUT2D eigenvalue weighted by molar-refractivity contribution is -0.160. The predicted molar refractivity (Wildman–Crippen MR) is 156 cm³/mol. The number of ketones is 1. The van der Waals surface area contributed by atoms with Crippen LogP contribution in [0, 0.1) is 17.8 Å². The summed E-state index contributed by atoms with van der Waals surface area (Å²) in [6.45, 7) is 12.7. The van der Waals surface area contributed by atoms with E-state index in [-0.39, 0.29) is 72.8 Å². The smallest absolute Gasteiger partial charge is 0.355 e. The van der Waals surface area contributed by atoms with Gasteiger partial charge in [0.2, 0.25) is 5.91 Å². The first-order valence-corrected chi connectivity index (χ1v) is 15.7. The van der Waals surface area contributed by atoms with Crippen molar-refractivity contribution in [1.29, 1.82) is 0 Å². The van der Waals surface area contributed by atoms with Crippen molar-refractivity contribution in [2.45, 2.75) is 111 Å². The van der Waals surface area contributed by atoms with Crippen molar-refractivity contribution in [3.8, 4) is 0 Å². The molecule has 1 unspecified atom stereocenters. The summed E-state index contributed by atoms with van der Waals surface area (Å²) in [6, 6.07) is -0.466. The van der Waals surface area contributed by atoms with E-state index in [1.165, 1.54) is 16.7 Å². The van der Waals surface area contributed by atoms with Crippen LogP contribution in [0.4, 0.5) is 0 Å². The largest absolute Gasteiger partial charge is 0.476 e. The molecule has 226 valence electrons. The highest BCUT2D eigenvalue weighted by Gasteiger charge is 2.38. The van der Waals surface area contributed by atoms with E-state index in [0.717, 1.165) is 32.2 Å². The topological polar surface area (TPSA) is 117 Å². The minimum atomic E-state index is -1.07. The van der Waals surface area contributed by atoms with Gasteiger partial charge in [-0.2, -0.15) is 0 Å². The fraction of sp³-hybridized carbons (Fsp3) is 0.767. The third kappa shape index (κ3) is 9.36. The molecule has 0 saturated carbocycles. The zero-order valence-corrected chi connectivity index (χ0v) is 26.2. The van der Waals surface area contributed by atoms with Gasteiger partial charge in [-0.3, -0.25) is 19.3 Å². The van der Waals surface area contributed by atoms with Crippen molar-refractivity contribution in [2.75, 3.05) is 20.3 Å². The van der Waals surface area contributed by atoms with E-state index in [1.807, 2.05) is 48.6 Å². The van der Waals surface area contributed by atoms with Crippen molar-refractivity contribution < 1.29 is 29.0 Å². The molecule has 1 amide bonds. The first-order chi connectivity index (χ1) is 18.9. The third-order valence-corrected chi connectivity index (χ3v) is 9.32. The zero-order valence-electron chi connectivity index (χ0n) is 25.4. The second-order valence-electron chi connectivity index (χ2n) is 11.7. The number of amides is 1. The van der Waals surface area contributed by atoms with Gasteiger partial charge in [0.25, 0.3) is 0 Å². The van der Waals surface area contributed by atoms with E-state index in [4.69, 9.17) is 4.74 Å². The van der Waals surface area contributed by atoms with Crippen LogP contribution in [-0.4, -0.2) is 75.9 Å². The number of aromatic nitrogens is 1. The summed E-state index contributed by atoms with van der Waals surface area (Å²) >= 11 is 1.29. The number of carbonyl (C=O) groups is 4. The van der Waals surface area contributed by atoms with E-state index in [0.29, 0.717) is 17.8 Å². The molecule has 1 N–H and O–H groups in total. The Morgan fingerprint density at radius 2 is 1.88 bits per heavy atom. The van der Waals surface area contributed by atoms with Gasteiger partial charge < -0.3 is 14.7 Å². The number of hydrogen-bond donors (Lipinski definition) is 1. The lowest BCUT2D eigenvalue weighted by Crippen LogP contribution is -2.50. The fourth-order valence-electron chi connectivity index (χ4n) is 5.44. The molecule has 0 spiro atoms. The molecule has 2 rings (SSSR count). The molecular weight excluding hydrogens is 530 g/mol. The van der Waals surface area contributed by atoms with Crippen LogP contribution in [0.2, 0.25) is 0 Å². The van der Waals surface area contributed by atoms with E-state index in [9.17, 15) is 24.3 Å². The first-order valence-electron chi connectivity index (χ1n) is 14.8. The molecule has 0 bridgehead atoms. The van der Waals surface area contributed by atoms with Crippen LogP contribution < -0.4 is 0 Å². The second kappa shape index (κ2) is 16.2. The Morgan fingerprint density at radius 3 is 2.42 bits per heavy atom. The van der Waals surface area contributed by atoms with Gasteiger partial charge in [0, 0.05) is 36.1 Å². The quantitative estimate of drug-likeness (QED) is 0.199. The van der Waals surface area contributed by atoms with Crippen LogP contribution in [0.15, 0.2) is 5.38 Å². The van der Waals surface area contributed by atoms with Crippen LogP contribution >= 0.6 is 11.3 Å². The van der Waals surface area contributed by atoms with E-state index < -0.39 is 11.9 Å². The number of aromatic carboxylic acids is 1. The monoisotopic (exact) mass is 579 g/mol. The number of carboxylic acids is 1. The van der Waals surface area contributed by atoms with Crippen molar-refractivity contribution >= 4 is 35.0 Å². The summed E-state index contributed by atoms with van der Waals surface area (Å²) in [6.07, 6.45) is 5.24. The number of rotatable bonds is 16. The Hall–Kier alpha value is -2.33. The number of hydrogen-bond acceptors (Lipinski definition) is 8. The van der Waals surface area contributed by atoms with Crippen molar-refractivity contribution in [2.24, 2.45) is 17.8 Å². The lowest BCUT2D eigenvalue weighted by atomic mass is 9.82. The standard InChI is InChI=1S/C30H49N3O6S/c1-8-12-27(35)39-18-33(25(19(3)4)15-21(6)28-31-23(17-40-28)30(37)38)29(36)22(20(5)9-2)16-26(34)24-13-10-11-14-32(24)7/h17,19-22,24-25H,8-16,18H2,1-7H3,(H,37,38)/t20-,21+,22-,24?,25+/m0/s1. The Bertz CT molecular complexity index is 996. The van der Waals surface area contributed by atoms with Gasteiger partial charge in [0.15, 0.2) is 18.2 Å². The SMILES string of the molecule is CCCC(=O)OCN(C(=O)[C@@H](CC(=O)C1CCCCN1C)[C@@H](C)CC)[C@H](C[C@@H](C)c1nc(C(=O)O)cs1)C(C)C. The average molecular weight is 580 g/mol. The Morgan fingerprint density at radius 1 is 1.18 bits per heavy atom. The van der Waals surface area contributed by atoms with E-state index in [2.05, 4.69) is 9.88 Å². The van der Waals surface area contributed by atoms with Gasteiger partial charge in [-0.1, -0.05) is 54.4 Å². The summed E-state index contributed by atoms with van der Waals surface area (Å²) in [4.78, 5) is 59.6. The molecular formula is C30H49N3O6S. The molecule has 1 aromatic rings. The minimum Gasteiger partial charge on any atom is -0.476 e.